The van der Waals surface area contributed by atoms with Crippen LogP contribution in [0.2, 0.25) is 0 Å². The molecule has 8 heteroatoms. The molecule has 2 bridgehead atoms. The van der Waals surface area contributed by atoms with Crippen LogP contribution in [0.15, 0.2) is 55.6 Å². The first kappa shape index (κ1) is 31.4. The monoisotopic (exact) mass is 581 g/mol. The van der Waals surface area contributed by atoms with E-state index in [2.05, 4.69) is 27.0 Å². The zero-order chi connectivity index (χ0) is 29.6. The van der Waals surface area contributed by atoms with E-state index in [1.807, 2.05) is 45.0 Å². The van der Waals surface area contributed by atoms with Gasteiger partial charge in [0.25, 0.3) is 0 Å². The number of fused-ring (bicyclic) bond motifs is 1. The highest BCUT2D eigenvalue weighted by molar-refractivity contribution is 8.02. The Bertz CT molecular complexity index is 1100. The Morgan fingerprint density at radius 2 is 1.78 bits per heavy atom. The maximum Gasteiger partial charge on any atom is 0.247 e. The number of nitrogens with zero attached hydrogens (tertiary/aromatic N) is 3. The molecule has 6 atom stereocenters. The highest BCUT2D eigenvalue weighted by Gasteiger charge is 2.76. The minimum atomic E-state index is -0.631. The van der Waals surface area contributed by atoms with Crippen LogP contribution in [0.1, 0.15) is 57.9 Å². The first-order valence-electron chi connectivity index (χ1n) is 15.3. The number of aliphatic hydroxyl groups is 1. The number of hydrogen-bond acceptors (Lipinski definition) is 5. The lowest BCUT2D eigenvalue weighted by atomic mass is 9.65. The van der Waals surface area contributed by atoms with Crippen LogP contribution in [0.25, 0.3) is 0 Å². The van der Waals surface area contributed by atoms with Crippen molar-refractivity contribution in [2.45, 2.75) is 75.0 Å². The highest BCUT2D eigenvalue weighted by Crippen LogP contribution is 2.69. The Labute approximate surface area is 250 Å². The molecule has 41 heavy (non-hydrogen) atoms. The molecule has 3 aliphatic rings. The largest absolute Gasteiger partial charge is 0.396 e. The number of amides is 3. The van der Waals surface area contributed by atoms with E-state index >= 15 is 0 Å². The average Bonchev–Trinajstić information content (AvgIpc) is 3.56. The summed E-state index contributed by atoms with van der Waals surface area (Å²) in [5.74, 6) is -0.948. The van der Waals surface area contributed by atoms with Crippen LogP contribution in [0.4, 0.5) is 0 Å². The third-order valence-electron chi connectivity index (χ3n) is 9.14. The molecular weight excluding hydrogens is 534 g/mol. The summed E-state index contributed by atoms with van der Waals surface area (Å²) in [6.45, 7) is 14.6. The Balaban J connectivity index is 1.70. The molecule has 3 heterocycles. The second-order valence-electron chi connectivity index (χ2n) is 11.8. The number of benzene rings is 1. The highest BCUT2D eigenvalue weighted by atomic mass is 32.2. The van der Waals surface area contributed by atoms with E-state index < -0.39 is 22.6 Å². The molecule has 1 aromatic rings. The molecule has 1 spiro atoms. The molecule has 0 saturated carbocycles. The van der Waals surface area contributed by atoms with Gasteiger partial charge in [0.1, 0.15) is 6.04 Å². The molecule has 3 fully saturated rings. The van der Waals surface area contributed by atoms with E-state index in [0.29, 0.717) is 45.6 Å². The van der Waals surface area contributed by atoms with Gasteiger partial charge in [-0.05, 0) is 43.6 Å². The molecule has 0 aliphatic carbocycles. The predicted molar refractivity (Wildman–Crippen MR) is 165 cm³/mol. The summed E-state index contributed by atoms with van der Waals surface area (Å²) >= 11 is 1.73. The minimum absolute atomic E-state index is 0.00451. The predicted octanol–water partition coefficient (Wildman–Crippen LogP) is 4.52. The SMILES string of the molecule is C=CCN(CCCC)C(=O)C1N(CCCCCO)C(=O)[C@@H]2[C@@H](C(=O)N(CC=C)Cc3ccccc3)[C@H]3CC(C)C12S3. The standard InChI is InChI=1S/C33H47N3O4S/c1-5-8-19-34(17-6-2)32(40)29-33-24(4)22-26(41-33)27(28(33)31(39)36(29)20-13-10-14-21-37)30(38)35(18-7-3)23-25-15-11-9-12-16-25/h6-7,9,11-12,15-16,24,26-29,37H,2-3,5,8,10,13-14,17-23H2,1,4H3/t24?,26-,27+,28+,29?,33?/m1/s1. The van der Waals surface area contributed by atoms with Gasteiger partial charge in [0.15, 0.2) is 0 Å². The number of aliphatic hydroxyl groups excluding tert-OH is 1. The van der Waals surface area contributed by atoms with E-state index in [9.17, 15) is 19.5 Å². The maximum atomic E-state index is 14.4. The lowest BCUT2D eigenvalue weighted by Crippen LogP contribution is -2.57. The number of thioether (sulfide) groups is 1. The van der Waals surface area contributed by atoms with Gasteiger partial charge >= 0.3 is 0 Å². The van der Waals surface area contributed by atoms with Gasteiger partial charge in [0.05, 0.1) is 16.6 Å². The summed E-state index contributed by atoms with van der Waals surface area (Å²) in [5, 5.41) is 9.31. The molecule has 3 unspecified atom stereocenters. The van der Waals surface area contributed by atoms with E-state index in [-0.39, 0.29) is 35.5 Å². The fraction of sp³-hybridized carbons (Fsp3) is 0.606. The summed E-state index contributed by atoms with van der Waals surface area (Å²) in [4.78, 5) is 48.7. The number of carbonyl (C=O) groups excluding carboxylic acids is 3. The van der Waals surface area contributed by atoms with E-state index in [0.717, 1.165) is 31.2 Å². The van der Waals surface area contributed by atoms with Gasteiger partial charge in [-0.3, -0.25) is 14.4 Å². The lowest BCUT2D eigenvalue weighted by molar-refractivity contribution is -0.145. The van der Waals surface area contributed by atoms with Crippen molar-refractivity contribution in [3.8, 4) is 0 Å². The van der Waals surface area contributed by atoms with Crippen LogP contribution < -0.4 is 0 Å². The van der Waals surface area contributed by atoms with Crippen LogP contribution in [0.3, 0.4) is 0 Å². The molecule has 1 N–H and O–H groups in total. The van der Waals surface area contributed by atoms with Gasteiger partial charge in [0, 0.05) is 44.6 Å². The molecule has 1 aromatic carbocycles. The van der Waals surface area contributed by atoms with Gasteiger partial charge in [-0.1, -0.05) is 62.8 Å². The van der Waals surface area contributed by atoms with Crippen molar-refractivity contribution in [2.75, 3.05) is 32.8 Å². The third kappa shape index (κ3) is 6.00. The van der Waals surface area contributed by atoms with Crippen molar-refractivity contribution < 1.29 is 19.5 Å². The molecule has 3 amide bonds. The van der Waals surface area contributed by atoms with Gasteiger partial charge in [-0.2, -0.15) is 0 Å². The third-order valence-corrected chi connectivity index (χ3v) is 11.2. The van der Waals surface area contributed by atoms with Crippen LogP contribution in [-0.4, -0.2) is 86.4 Å². The number of carbonyl (C=O) groups is 3. The quantitative estimate of drug-likeness (QED) is 0.229. The van der Waals surface area contributed by atoms with Crippen molar-refractivity contribution in [1.29, 1.82) is 0 Å². The first-order chi connectivity index (χ1) is 19.8. The molecule has 7 nitrogen and oxygen atoms in total. The van der Waals surface area contributed by atoms with E-state index in [1.165, 1.54) is 0 Å². The Hall–Kier alpha value is -2.58. The second kappa shape index (κ2) is 14.1. The van der Waals surface area contributed by atoms with Crippen molar-refractivity contribution >= 4 is 29.5 Å². The average molecular weight is 582 g/mol. The summed E-state index contributed by atoms with van der Waals surface area (Å²) in [6, 6.07) is 9.31. The fourth-order valence-corrected chi connectivity index (χ4v) is 9.67. The second-order valence-corrected chi connectivity index (χ2v) is 13.3. The van der Waals surface area contributed by atoms with Gasteiger partial charge in [-0.15, -0.1) is 24.9 Å². The van der Waals surface area contributed by atoms with Crippen molar-refractivity contribution in [3.63, 3.8) is 0 Å². The van der Waals surface area contributed by atoms with Crippen molar-refractivity contribution in [3.05, 3.63) is 61.2 Å². The molecule has 224 valence electrons. The summed E-state index contributed by atoms with van der Waals surface area (Å²) in [5.41, 5.74) is 1.04. The molecular formula is C33H47N3O4S. The Kier molecular flexibility index (Phi) is 10.8. The van der Waals surface area contributed by atoms with Gasteiger partial charge < -0.3 is 19.8 Å². The Morgan fingerprint density at radius 1 is 1.07 bits per heavy atom. The van der Waals surface area contributed by atoms with Crippen LogP contribution >= 0.6 is 11.8 Å². The normalized spacial score (nSPS) is 28.0. The number of hydrogen-bond donors (Lipinski definition) is 1. The summed E-state index contributed by atoms with van der Waals surface area (Å²) < 4.78 is -0.631. The van der Waals surface area contributed by atoms with Gasteiger partial charge in [0.2, 0.25) is 17.7 Å². The summed E-state index contributed by atoms with van der Waals surface area (Å²) in [7, 11) is 0. The molecule has 0 radical (unpaired) electrons. The number of unbranched alkanes of at least 4 members (excludes halogenated alkanes) is 3. The van der Waals surface area contributed by atoms with E-state index in [4.69, 9.17) is 0 Å². The molecule has 4 rings (SSSR count). The zero-order valence-electron chi connectivity index (χ0n) is 24.7. The van der Waals surface area contributed by atoms with Crippen molar-refractivity contribution in [1.82, 2.24) is 14.7 Å². The number of likely N-dealkylation sites (tertiary alicyclic amines) is 1. The van der Waals surface area contributed by atoms with Gasteiger partial charge in [-0.25, -0.2) is 0 Å². The molecule has 3 saturated heterocycles. The first-order valence-corrected chi connectivity index (χ1v) is 16.2. The minimum Gasteiger partial charge on any atom is -0.396 e. The van der Waals surface area contributed by atoms with Crippen LogP contribution in [0, 0.1) is 17.8 Å². The zero-order valence-corrected chi connectivity index (χ0v) is 25.6. The van der Waals surface area contributed by atoms with E-state index in [1.54, 1.807) is 23.9 Å². The topological polar surface area (TPSA) is 81.2 Å². The van der Waals surface area contributed by atoms with Crippen molar-refractivity contribution in [2.24, 2.45) is 17.8 Å². The lowest BCUT2D eigenvalue weighted by Gasteiger charge is -2.41. The number of rotatable bonds is 16. The smallest absolute Gasteiger partial charge is 0.247 e. The molecule has 3 aliphatic heterocycles. The maximum absolute atomic E-state index is 14.4. The van der Waals surface area contributed by atoms with Crippen LogP contribution in [-0.2, 0) is 20.9 Å². The fourth-order valence-electron chi connectivity index (χ4n) is 7.26. The summed E-state index contributed by atoms with van der Waals surface area (Å²) in [6.07, 6.45) is 8.34. The molecule has 0 aromatic heterocycles. The van der Waals surface area contributed by atoms with Crippen LogP contribution in [0.5, 0.6) is 0 Å². The Morgan fingerprint density at radius 3 is 2.44 bits per heavy atom.